The van der Waals surface area contributed by atoms with Crippen molar-refractivity contribution in [3.05, 3.63) is 52.8 Å². The Morgan fingerprint density at radius 2 is 1.95 bits per heavy atom. The second kappa shape index (κ2) is 5.51. The zero-order chi connectivity index (χ0) is 13.8. The number of nitriles is 1. The van der Waals surface area contributed by atoms with Crippen LogP contribution in [0.1, 0.15) is 22.5 Å². The third-order valence-corrected chi connectivity index (χ3v) is 2.79. The van der Waals surface area contributed by atoms with Crippen LogP contribution in [0.15, 0.2) is 30.3 Å². The van der Waals surface area contributed by atoms with Crippen LogP contribution in [0.5, 0.6) is 11.5 Å². The molecule has 19 heavy (non-hydrogen) atoms. The highest BCUT2D eigenvalue weighted by Crippen LogP contribution is 2.27. The third kappa shape index (κ3) is 2.90. The van der Waals surface area contributed by atoms with Gasteiger partial charge in [-0.3, -0.25) is 4.98 Å². The molecule has 0 aliphatic rings. The van der Waals surface area contributed by atoms with Gasteiger partial charge >= 0.3 is 0 Å². The largest absolute Gasteiger partial charge is 0.456 e. The molecule has 2 rings (SSSR count). The fourth-order valence-electron chi connectivity index (χ4n) is 1.83. The van der Waals surface area contributed by atoms with E-state index < -0.39 is 0 Å². The maximum Gasteiger partial charge on any atom is 0.148 e. The molecule has 4 heteroatoms. The standard InChI is InChI=1S/C15H15N3O/c1-10-7-15(14(9-17)11(2)18-10)19-13-5-3-12(8-16)4-6-13/h3-7H,8,16H2,1-2H3. The first-order valence-corrected chi connectivity index (χ1v) is 5.99. The Bertz CT molecular complexity index is 627. The summed E-state index contributed by atoms with van der Waals surface area (Å²) >= 11 is 0. The summed E-state index contributed by atoms with van der Waals surface area (Å²) in [6.45, 7) is 4.17. The molecule has 1 heterocycles. The molecule has 0 spiro atoms. The molecular weight excluding hydrogens is 238 g/mol. The Morgan fingerprint density at radius 3 is 2.53 bits per heavy atom. The smallest absolute Gasteiger partial charge is 0.148 e. The van der Waals surface area contributed by atoms with Crippen molar-refractivity contribution in [2.45, 2.75) is 20.4 Å². The number of nitrogens with zero attached hydrogens (tertiary/aromatic N) is 2. The molecule has 0 atom stereocenters. The molecule has 0 saturated heterocycles. The normalized spacial score (nSPS) is 10.0. The molecule has 1 aromatic carbocycles. The van der Waals surface area contributed by atoms with E-state index >= 15 is 0 Å². The van der Waals surface area contributed by atoms with E-state index in [0.717, 1.165) is 11.3 Å². The lowest BCUT2D eigenvalue weighted by atomic mass is 10.2. The highest BCUT2D eigenvalue weighted by atomic mass is 16.5. The summed E-state index contributed by atoms with van der Waals surface area (Å²) in [6.07, 6.45) is 0. The van der Waals surface area contributed by atoms with E-state index in [1.165, 1.54) is 0 Å². The average molecular weight is 253 g/mol. The van der Waals surface area contributed by atoms with Crippen molar-refractivity contribution < 1.29 is 4.74 Å². The van der Waals surface area contributed by atoms with Gasteiger partial charge in [0, 0.05) is 18.3 Å². The second-order valence-electron chi connectivity index (χ2n) is 4.28. The van der Waals surface area contributed by atoms with Gasteiger partial charge in [0.25, 0.3) is 0 Å². The molecule has 0 unspecified atom stereocenters. The maximum absolute atomic E-state index is 9.16. The quantitative estimate of drug-likeness (QED) is 0.912. The van der Waals surface area contributed by atoms with Crippen molar-refractivity contribution in [3.8, 4) is 17.6 Å². The fraction of sp³-hybridized carbons (Fsp3) is 0.200. The molecule has 0 bridgehead atoms. The molecule has 1 aromatic heterocycles. The number of hydrogen-bond acceptors (Lipinski definition) is 4. The Labute approximate surface area is 112 Å². The third-order valence-electron chi connectivity index (χ3n) is 2.79. The topological polar surface area (TPSA) is 71.9 Å². The van der Waals surface area contributed by atoms with Gasteiger partial charge in [0.05, 0.1) is 5.69 Å². The number of pyridine rings is 1. The molecule has 0 fully saturated rings. The summed E-state index contributed by atoms with van der Waals surface area (Å²) in [5.41, 5.74) is 8.55. The minimum Gasteiger partial charge on any atom is -0.456 e. The predicted molar refractivity (Wildman–Crippen MR) is 72.8 cm³/mol. The predicted octanol–water partition coefficient (Wildman–Crippen LogP) is 2.82. The van der Waals surface area contributed by atoms with Crippen LogP contribution in [0.25, 0.3) is 0 Å². The van der Waals surface area contributed by atoms with E-state index in [-0.39, 0.29) is 0 Å². The van der Waals surface area contributed by atoms with Gasteiger partial charge in [-0.15, -0.1) is 0 Å². The van der Waals surface area contributed by atoms with Crippen molar-refractivity contribution in [1.82, 2.24) is 4.98 Å². The van der Waals surface area contributed by atoms with Gasteiger partial charge in [-0.1, -0.05) is 12.1 Å². The highest BCUT2D eigenvalue weighted by molar-refractivity contribution is 5.48. The van der Waals surface area contributed by atoms with Crippen LogP contribution in [-0.4, -0.2) is 4.98 Å². The molecule has 96 valence electrons. The highest BCUT2D eigenvalue weighted by Gasteiger charge is 2.10. The summed E-state index contributed by atoms with van der Waals surface area (Å²) in [6, 6.07) is 11.4. The monoisotopic (exact) mass is 253 g/mol. The number of nitrogens with two attached hydrogens (primary N) is 1. The van der Waals surface area contributed by atoms with E-state index in [1.54, 1.807) is 13.0 Å². The fourth-order valence-corrected chi connectivity index (χ4v) is 1.83. The number of aromatic nitrogens is 1. The van der Waals surface area contributed by atoms with Crippen LogP contribution in [-0.2, 0) is 6.54 Å². The summed E-state index contributed by atoms with van der Waals surface area (Å²) in [7, 11) is 0. The average Bonchev–Trinajstić information content (AvgIpc) is 2.39. The first kappa shape index (κ1) is 13.1. The SMILES string of the molecule is Cc1cc(Oc2ccc(CN)cc2)c(C#N)c(C)n1. The lowest BCUT2D eigenvalue weighted by Gasteiger charge is -2.10. The van der Waals surface area contributed by atoms with Gasteiger partial charge < -0.3 is 10.5 Å². The van der Waals surface area contributed by atoms with Gasteiger partial charge in [-0.25, -0.2) is 0 Å². The Kier molecular flexibility index (Phi) is 3.79. The minimum atomic E-state index is 0.466. The zero-order valence-electron chi connectivity index (χ0n) is 11.0. The number of benzene rings is 1. The van der Waals surface area contributed by atoms with Crippen LogP contribution >= 0.6 is 0 Å². The molecule has 0 aliphatic heterocycles. The summed E-state index contributed by atoms with van der Waals surface area (Å²) in [5, 5.41) is 9.16. The first-order valence-electron chi connectivity index (χ1n) is 5.99. The second-order valence-corrected chi connectivity index (χ2v) is 4.28. The van der Waals surface area contributed by atoms with Crippen molar-refractivity contribution >= 4 is 0 Å². The number of ether oxygens (including phenoxy) is 1. The Morgan fingerprint density at radius 1 is 1.26 bits per heavy atom. The van der Waals surface area contributed by atoms with Crippen LogP contribution in [0.3, 0.4) is 0 Å². The van der Waals surface area contributed by atoms with Gasteiger partial charge in [-0.05, 0) is 31.5 Å². The van der Waals surface area contributed by atoms with Crippen LogP contribution in [0.2, 0.25) is 0 Å². The van der Waals surface area contributed by atoms with E-state index in [2.05, 4.69) is 11.1 Å². The number of rotatable bonds is 3. The number of aryl methyl sites for hydroxylation is 2. The van der Waals surface area contributed by atoms with Crippen LogP contribution in [0, 0.1) is 25.2 Å². The van der Waals surface area contributed by atoms with Crippen LogP contribution in [0.4, 0.5) is 0 Å². The molecular formula is C15H15N3O. The van der Waals surface area contributed by atoms with Crippen LogP contribution < -0.4 is 10.5 Å². The zero-order valence-corrected chi connectivity index (χ0v) is 11.0. The molecule has 4 nitrogen and oxygen atoms in total. The minimum absolute atomic E-state index is 0.466. The van der Waals surface area contributed by atoms with E-state index in [9.17, 15) is 0 Å². The van der Waals surface area contributed by atoms with Crippen molar-refractivity contribution in [2.75, 3.05) is 0 Å². The molecule has 0 amide bonds. The Hall–Kier alpha value is -2.38. The molecule has 0 radical (unpaired) electrons. The van der Waals surface area contributed by atoms with E-state index in [1.807, 2.05) is 31.2 Å². The molecule has 2 aromatic rings. The maximum atomic E-state index is 9.16. The Balaban J connectivity index is 2.34. The van der Waals surface area contributed by atoms with Gasteiger partial charge in [-0.2, -0.15) is 5.26 Å². The lowest BCUT2D eigenvalue weighted by Crippen LogP contribution is -1.97. The van der Waals surface area contributed by atoms with E-state index in [4.69, 9.17) is 15.7 Å². The van der Waals surface area contributed by atoms with Crippen molar-refractivity contribution in [3.63, 3.8) is 0 Å². The molecule has 0 saturated carbocycles. The van der Waals surface area contributed by atoms with Gasteiger partial charge in [0.15, 0.2) is 0 Å². The number of hydrogen-bond donors (Lipinski definition) is 1. The summed E-state index contributed by atoms with van der Waals surface area (Å²) in [5.74, 6) is 1.21. The van der Waals surface area contributed by atoms with E-state index in [0.29, 0.717) is 29.3 Å². The summed E-state index contributed by atoms with van der Waals surface area (Å²) < 4.78 is 5.76. The van der Waals surface area contributed by atoms with Gasteiger partial charge in [0.1, 0.15) is 23.1 Å². The first-order chi connectivity index (χ1) is 9.13. The van der Waals surface area contributed by atoms with Crippen molar-refractivity contribution in [1.29, 1.82) is 5.26 Å². The van der Waals surface area contributed by atoms with Crippen molar-refractivity contribution in [2.24, 2.45) is 5.73 Å². The molecule has 0 aliphatic carbocycles. The van der Waals surface area contributed by atoms with Gasteiger partial charge in [0.2, 0.25) is 0 Å². The summed E-state index contributed by atoms with van der Waals surface area (Å²) in [4.78, 5) is 4.26. The lowest BCUT2D eigenvalue weighted by molar-refractivity contribution is 0.479. The molecule has 2 N–H and O–H groups in total.